The van der Waals surface area contributed by atoms with Gasteiger partial charge in [-0.2, -0.15) is 11.8 Å². The van der Waals surface area contributed by atoms with Crippen molar-refractivity contribution in [1.29, 1.82) is 0 Å². The molecule has 0 saturated carbocycles. The maximum absolute atomic E-state index is 11.9. The molecule has 1 rings (SSSR count). The van der Waals surface area contributed by atoms with Crippen LogP contribution in [0.3, 0.4) is 0 Å². The summed E-state index contributed by atoms with van der Waals surface area (Å²) in [6, 6.07) is -0.0560. The number of carbonyl (C=O) groups is 1. The van der Waals surface area contributed by atoms with Gasteiger partial charge in [-0.25, -0.2) is 0 Å². The first-order valence-corrected chi connectivity index (χ1v) is 8.54. The second-order valence-electron chi connectivity index (χ2n) is 6.33. The van der Waals surface area contributed by atoms with Crippen molar-refractivity contribution in [3.05, 3.63) is 0 Å². The Labute approximate surface area is 121 Å². The zero-order valence-electron chi connectivity index (χ0n) is 12.7. The number of piperidine rings is 1. The Morgan fingerprint density at radius 2 is 2.00 bits per heavy atom. The molecule has 0 aromatic rings. The lowest BCUT2D eigenvalue weighted by Crippen LogP contribution is -2.53. The number of amides is 1. The lowest BCUT2D eigenvalue weighted by molar-refractivity contribution is -0.123. The summed E-state index contributed by atoms with van der Waals surface area (Å²) in [4.78, 5) is 14.4. The van der Waals surface area contributed by atoms with Crippen LogP contribution in [0, 0.1) is 0 Å². The predicted molar refractivity (Wildman–Crippen MR) is 83.5 cm³/mol. The van der Waals surface area contributed by atoms with Gasteiger partial charge in [0.25, 0.3) is 0 Å². The normalized spacial score (nSPS) is 20.3. The van der Waals surface area contributed by atoms with Crippen LogP contribution in [0.25, 0.3) is 0 Å². The molecule has 0 spiro atoms. The molecule has 0 aliphatic carbocycles. The van der Waals surface area contributed by atoms with Crippen molar-refractivity contribution in [3.63, 3.8) is 0 Å². The Morgan fingerprint density at radius 3 is 2.47 bits per heavy atom. The van der Waals surface area contributed by atoms with Gasteiger partial charge in [0.05, 0.1) is 6.04 Å². The van der Waals surface area contributed by atoms with Gasteiger partial charge >= 0.3 is 0 Å². The molecular formula is C14H29N3OS. The van der Waals surface area contributed by atoms with Gasteiger partial charge in [-0.1, -0.05) is 0 Å². The fraction of sp³-hybridized carbons (Fsp3) is 0.929. The maximum atomic E-state index is 11.9. The number of likely N-dealkylation sites (tertiary alicyclic amines) is 1. The topological polar surface area (TPSA) is 58.4 Å². The van der Waals surface area contributed by atoms with E-state index in [1.54, 1.807) is 11.8 Å². The summed E-state index contributed by atoms with van der Waals surface area (Å²) in [6.07, 6.45) is 4.84. The van der Waals surface area contributed by atoms with Crippen molar-refractivity contribution in [3.8, 4) is 0 Å². The van der Waals surface area contributed by atoms with E-state index in [4.69, 9.17) is 5.73 Å². The van der Waals surface area contributed by atoms with Gasteiger partial charge in [0.2, 0.25) is 5.91 Å². The summed E-state index contributed by atoms with van der Waals surface area (Å²) in [5.74, 6) is 0.958. The number of nitrogens with one attached hydrogen (secondary N) is 1. The minimum absolute atomic E-state index is 0.0169. The molecule has 0 unspecified atom stereocenters. The molecule has 1 atom stereocenters. The number of nitrogens with zero attached hydrogens (tertiary/aromatic N) is 1. The van der Waals surface area contributed by atoms with Crippen LogP contribution in [0.15, 0.2) is 0 Å². The zero-order valence-corrected chi connectivity index (χ0v) is 13.6. The highest BCUT2D eigenvalue weighted by atomic mass is 32.2. The van der Waals surface area contributed by atoms with E-state index in [1.165, 1.54) is 0 Å². The van der Waals surface area contributed by atoms with Crippen molar-refractivity contribution in [2.45, 2.75) is 57.7 Å². The molecule has 4 nitrogen and oxygen atoms in total. The van der Waals surface area contributed by atoms with Gasteiger partial charge in [-0.05, 0) is 52.0 Å². The van der Waals surface area contributed by atoms with E-state index < -0.39 is 0 Å². The van der Waals surface area contributed by atoms with Crippen molar-refractivity contribution in [2.24, 2.45) is 5.73 Å². The molecule has 112 valence electrons. The largest absolute Gasteiger partial charge is 0.352 e. The molecule has 1 fully saturated rings. The van der Waals surface area contributed by atoms with E-state index in [1.807, 2.05) is 6.26 Å². The molecule has 3 N–H and O–H groups in total. The Kier molecular flexibility index (Phi) is 6.63. The summed E-state index contributed by atoms with van der Waals surface area (Å²) >= 11 is 1.73. The molecular weight excluding hydrogens is 258 g/mol. The molecule has 1 aliphatic heterocycles. The Balaban J connectivity index is 2.31. The van der Waals surface area contributed by atoms with E-state index in [2.05, 4.69) is 31.0 Å². The Hall–Kier alpha value is -0.260. The van der Waals surface area contributed by atoms with E-state index in [0.29, 0.717) is 6.04 Å². The van der Waals surface area contributed by atoms with Crippen LogP contribution >= 0.6 is 11.8 Å². The van der Waals surface area contributed by atoms with Gasteiger partial charge in [-0.15, -0.1) is 0 Å². The first-order chi connectivity index (χ1) is 8.84. The smallest absolute Gasteiger partial charge is 0.237 e. The molecule has 0 aromatic heterocycles. The second kappa shape index (κ2) is 7.50. The fourth-order valence-electron chi connectivity index (χ4n) is 2.38. The minimum Gasteiger partial charge on any atom is -0.352 e. The van der Waals surface area contributed by atoms with Crippen LogP contribution in [-0.2, 0) is 4.79 Å². The fourth-order valence-corrected chi connectivity index (χ4v) is 2.87. The monoisotopic (exact) mass is 287 g/mol. The van der Waals surface area contributed by atoms with Crippen molar-refractivity contribution < 1.29 is 4.79 Å². The van der Waals surface area contributed by atoms with E-state index in [-0.39, 0.29) is 17.5 Å². The standard InChI is InChI=1S/C14H29N3OS/c1-14(2,3)17-8-5-11(6-9-17)16-13(18)12(15)7-10-19-4/h11-12H,5-10,15H2,1-4H3,(H,16,18)/t12-/m1/s1. The zero-order chi connectivity index (χ0) is 14.5. The molecule has 0 bridgehead atoms. The molecule has 1 amide bonds. The van der Waals surface area contributed by atoms with Gasteiger partial charge in [0.15, 0.2) is 0 Å². The molecule has 0 radical (unpaired) electrons. The second-order valence-corrected chi connectivity index (χ2v) is 7.31. The van der Waals surface area contributed by atoms with Crippen LogP contribution in [0.5, 0.6) is 0 Å². The quantitative estimate of drug-likeness (QED) is 0.803. The van der Waals surface area contributed by atoms with E-state index in [9.17, 15) is 4.79 Å². The highest BCUT2D eigenvalue weighted by molar-refractivity contribution is 7.98. The average molecular weight is 287 g/mol. The summed E-state index contributed by atoms with van der Waals surface area (Å²) in [6.45, 7) is 8.82. The summed E-state index contributed by atoms with van der Waals surface area (Å²) in [5.41, 5.74) is 6.11. The maximum Gasteiger partial charge on any atom is 0.237 e. The number of hydrogen-bond acceptors (Lipinski definition) is 4. The molecule has 0 aromatic carbocycles. The average Bonchev–Trinajstić information content (AvgIpc) is 2.35. The van der Waals surface area contributed by atoms with Crippen LogP contribution in [0.1, 0.15) is 40.0 Å². The van der Waals surface area contributed by atoms with Crippen LogP contribution in [0.2, 0.25) is 0 Å². The SMILES string of the molecule is CSCC[C@@H](N)C(=O)NC1CCN(C(C)(C)C)CC1. The first kappa shape index (κ1) is 16.8. The molecule has 19 heavy (non-hydrogen) atoms. The van der Waals surface area contributed by atoms with Crippen LogP contribution in [0.4, 0.5) is 0 Å². The Morgan fingerprint density at radius 1 is 1.42 bits per heavy atom. The number of rotatable bonds is 5. The molecule has 5 heteroatoms. The van der Waals surface area contributed by atoms with Crippen LogP contribution in [-0.4, -0.2) is 53.5 Å². The lowest BCUT2D eigenvalue weighted by atomic mass is 9.98. The third kappa shape index (κ3) is 5.71. The third-order valence-electron chi connectivity index (χ3n) is 3.76. The molecule has 1 saturated heterocycles. The number of carbonyl (C=O) groups excluding carboxylic acids is 1. The summed E-state index contributed by atoms with van der Waals surface area (Å²) < 4.78 is 0. The number of thioether (sulfide) groups is 1. The molecule has 1 heterocycles. The van der Waals surface area contributed by atoms with Gasteiger partial charge in [0, 0.05) is 24.7 Å². The van der Waals surface area contributed by atoms with Crippen molar-refractivity contribution in [2.75, 3.05) is 25.1 Å². The number of hydrogen-bond donors (Lipinski definition) is 2. The predicted octanol–water partition coefficient (Wildman–Crippen LogP) is 1.45. The third-order valence-corrected chi connectivity index (χ3v) is 4.40. The summed E-state index contributed by atoms with van der Waals surface area (Å²) in [7, 11) is 0. The van der Waals surface area contributed by atoms with Gasteiger partial charge in [0.1, 0.15) is 0 Å². The van der Waals surface area contributed by atoms with E-state index >= 15 is 0 Å². The Bertz CT molecular complexity index is 283. The highest BCUT2D eigenvalue weighted by Crippen LogP contribution is 2.20. The first-order valence-electron chi connectivity index (χ1n) is 7.14. The summed E-state index contributed by atoms with van der Waals surface area (Å²) in [5, 5.41) is 3.10. The van der Waals surface area contributed by atoms with Crippen molar-refractivity contribution in [1.82, 2.24) is 10.2 Å². The minimum atomic E-state index is -0.354. The highest BCUT2D eigenvalue weighted by Gasteiger charge is 2.28. The number of nitrogens with two attached hydrogens (primary N) is 1. The molecule has 1 aliphatic rings. The van der Waals surface area contributed by atoms with Crippen molar-refractivity contribution >= 4 is 17.7 Å². The lowest BCUT2D eigenvalue weighted by Gasteiger charge is -2.41. The van der Waals surface area contributed by atoms with E-state index in [0.717, 1.165) is 38.1 Å². The van der Waals surface area contributed by atoms with Gasteiger partial charge in [-0.3, -0.25) is 9.69 Å². The van der Waals surface area contributed by atoms with Gasteiger partial charge < -0.3 is 11.1 Å². The van der Waals surface area contributed by atoms with Crippen LogP contribution < -0.4 is 11.1 Å².